The summed E-state index contributed by atoms with van der Waals surface area (Å²) in [6.07, 6.45) is 2.10. The largest absolute Gasteiger partial charge is 0.144 e. The van der Waals surface area contributed by atoms with Crippen molar-refractivity contribution >= 4 is 16.9 Å². The maximum atomic E-state index is 3.83. The van der Waals surface area contributed by atoms with Gasteiger partial charge in [-0.2, -0.15) is 0 Å². The lowest BCUT2D eigenvalue weighted by molar-refractivity contribution is 1.54. The van der Waals surface area contributed by atoms with Gasteiger partial charge in [0.15, 0.2) is 0 Å². The van der Waals surface area contributed by atoms with Crippen molar-refractivity contribution in [3.05, 3.63) is 40.6 Å². The summed E-state index contributed by atoms with van der Waals surface area (Å²) < 4.78 is 0. The first-order valence-corrected chi connectivity index (χ1v) is 4.46. The molecule has 1 aromatic heterocycles. The summed E-state index contributed by atoms with van der Waals surface area (Å²) in [6, 6.07) is 4.19. The molecule has 0 saturated carbocycles. The normalized spacial score (nSPS) is 11.6. The summed E-state index contributed by atoms with van der Waals surface area (Å²) in [5.41, 5.74) is 2.41. The number of allylic oxidation sites excluding steroid dienone is 3. The molecule has 0 aromatic carbocycles. The van der Waals surface area contributed by atoms with Crippen LogP contribution in [-0.4, -0.2) is 0 Å². The van der Waals surface area contributed by atoms with E-state index < -0.39 is 0 Å². The zero-order valence-electron chi connectivity index (χ0n) is 6.92. The number of hydrogen-bond donors (Lipinski definition) is 0. The summed E-state index contributed by atoms with van der Waals surface area (Å²) in [5, 5.41) is 2.09. The Morgan fingerprint density at radius 3 is 2.73 bits per heavy atom. The first-order chi connectivity index (χ1) is 5.20. The average Bonchev–Trinajstić information content (AvgIpc) is 2.35. The van der Waals surface area contributed by atoms with E-state index in [0.717, 1.165) is 5.57 Å². The molecule has 0 unspecified atom stereocenters. The summed E-state index contributed by atoms with van der Waals surface area (Å²) in [7, 11) is 0. The van der Waals surface area contributed by atoms with E-state index in [1.807, 2.05) is 6.92 Å². The quantitative estimate of drug-likeness (QED) is 0.584. The fourth-order valence-corrected chi connectivity index (χ4v) is 1.65. The molecular formula is C10H12S. The number of hydrogen-bond acceptors (Lipinski definition) is 1. The summed E-state index contributed by atoms with van der Waals surface area (Å²) in [5.74, 6) is 0. The van der Waals surface area contributed by atoms with Crippen LogP contribution < -0.4 is 0 Å². The van der Waals surface area contributed by atoms with E-state index in [1.54, 1.807) is 11.3 Å². The molecule has 1 aromatic rings. The fourth-order valence-electron chi connectivity index (χ4n) is 0.944. The Morgan fingerprint density at radius 1 is 1.55 bits per heavy atom. The molecule has 0 atom stereocenters. The molecule has 0 radical (unpaired) electrons. The van der Waals surface area contributed by atoms with Gasteiger partial charge in [-0.05, 0) is 30.9 Å². The van der Waals surface area contributed by atoms with Gasteiger partial charge in [-0.3, -0.25) is 0 Å². The fraction of sp³-hybridized carbons (Fsp3) is 0.200. The van der Waals surface area contributed by atoms with Crippen LogP contribution in [0.5, 0.6) is 0 Å². The zero-order chi connectivity index (χ0) is 8.27. The molecule has 0 fully saturated rings. The van der Waals surface area contributed by atoms with Gasteiger partial charge >= 0.3 is 0 Å². The van der Waals surface area contributed by atoms with Crippen LogP contribution in [0.4, 0.5) is 0 Å². The average molecular weight is 164 g/mol. The lowest BCUT2D eigenvalue weighted by Crippen LogP contribution is -1.71. The molecule has 0 nitrogen and oxygen atoms in total. The molecule has 58 valence electrons. The predicted molar refractivity (Wildman–Crippen MR) is 52.8 cm³/mol. The minimum Gasteiger partial charge on any atom is -0.144 e. The SMILES string of the molecule is C=C(C)C=C(C)c1cccs1. The first-order valence-electron chi connectivity index (χ1n) is 3.58. The van der Waals surface area contributed by atoms with Gasteiger partial charge < -0.3 is 0 Å². The second-order valence-electron chi connectivity index (χ2n) is 2.65. The molecule has 0 aliphatic heterocycles. The van der Waals surface area contributed by atoms with Crippen molar-refractivity contribution in [3.63, 3.8) is 0 Å². The number of thiophene rings is 1. The maximum absolute atomic E-state index is 3.83. The summed E-state index contributed by atoms with van der Waals surface area (Å²) in [4.78, 5) is 1.33. The topological polar surface area (TPSA) is 0 Å². The Kier molecular flexibility index (Phi) is 2.66. The number of rotatable bonds is 2. The molecule has 1 heteroatoms. The van der Waals surface area contributed by atoms with Crippen molar-refractivity contribution < 1.29 is 0 Å². The summed E-state index contributed by atoms with van der Waals surface area (Å²) in [6.45, 7) is 7.96. The smallest absolute Gasteiger partial charge is 0.0299 e. The Bertz CT molecular complexity index is 265. The van der Waals surface area contributed by atoms with Crippen molar-refractivity contribution in [2.45, 2.75) is 13.8 Å². The Balaban J connectivity index is 2.86. The molecule has 0 aliphatic rings. The lowest BCUT2D eigenvalue weighted by Gasteiger charge is -1.94. The van der Waals surface area contributed by atoms with Gasteiger partial charge in [0.05, 0.1) is 0 Å². The van der Waals surface area contributed by atoms with Crippen LogP contribution in [-0.2, 0) is 0 Å². The maximum Gasteiger partial charge on any atom is 0.0299 e. The van der Waals surface area contributed by atoms with E-state index >= 15 is 0 Å². The van der Waals surface area contributed by atoms with Crippen LogP contribution in [0.3, 0.4) is 0 Å². The molecule has 1 rings (SSSR count). The third-order valence-corrected chi connectivity index (χ3v) is 2.38. The van der Waals surface area contributed by atoms with E-state index in [0.29, 0.717) is 0 Å². The van der Waals surface area contributed by atoms with Gasteiger partial charge in [0.2, 0.25) is 0 Å². The lowest BCUT2D eigenvalue weighted by atomic mass is 10.2. The highest BCUT2D eigenvalue weighted by Gasteiger charge is 1.94. The van der Waals surface area contributed by atoms with Gasteiger partial charge in [0.25, 0.3) is 0 Å². The van der Waals surface area contributed by atoms with Crippen LogP contribution in [0.2, 0.25) is 0 Å². The van der Waals surface area contributed by atoms with Gasteiger partial charge in [-0.15, -0.1) is 11.3 Å². The molecule has 0 spiro atoms. The molecule has 0 N–H and O–H groups in total. The van der Waals surface area contributed by atoms with Crippen LogP contribution in [0.25, 0.3) is 5.57 Å². The van der Waals surface area contributed by atoms with E-state index in [4.69, 9.17) is 0 Å². The Morgan fingerprint density at radius 2 is 2.27 bits per heavy atom. The third kappa shape index (κ3) is 2.35. The van der Waals surface area contributed by atoms with Gasteiger partial charge in [0, 0.05) is 4.88 Å². The van der Waals surface area contributed by atoms with Crippen LogP contribution in [0, 0.1) is 0 Å². The molecule has 0 saturated heterocycles. The standard InChI is InChI=1S/C10H12S/c1-8(2)7-9(3)10-5-4-6-11-10/h4-7H,1H2,2-3H3. The zero-order valence-corrected chi connectivity index (χ0v) is 7.74. The summed E-state index contributed by atoms with van der Waals surface area (Å²) >= 11 is 1.76. The van der Waals surface area contributed by atoms with Gasteiger partial charge in [0.1, 0.15) is 0 Å². The van der Waals surface area contributed by atoms with Crippen molar-refractivity contribution in [2.75, 3.05) is 0 Å². The van der Waals surface area contributed by atoms with Gasteiger partial charge in [-0.1, -0.05) is 24.3 Å². The van der Waals surface area contributed by atoms with E-state index in [2.05, 4.69) is 37.1 Å². The van der Waals surface area contributed by atoms with Crippen molar-refractivity contribution in [3.8, 4) is 0 Å². The van der Waals surface area contributed by atoms with Gasteiger partial charge in [-0.25, -0.2) is 0 Å². The monoisotopic (exact) mass is 164 g/mol. The van der Waals surface area contributed by atoms with Crippen molar-refractivity contribution in [2.24, 2.45) is 0 Å². The van der Waals surface area contributed by atoms with Crippen LogP contribution >= 0.6 is 11.3 Å². The second-order valence-corrected chi connectivity index (χ2v) is 3.60. The Hall–Kier alpha value is -0.820. The predicted octanol–water partition coefficient (Wildman–Crippen LogP) is 3.73. The highest BCUT2D eigenvalue weighted by Crippen LogP contribution is 2.20. The third-order valence-electron chi connectivity index (χ3n) is 1.37. The van der Waals surface area contributed by atoms with Crippen molar-refractivity contribution in [1.82, 2.24) is 0 Å². The highest BCUT2D eigenvalue weighted by molar-refractivity contribution is 7.11. The minimum atomic E-state index is 1.11. The first kappa shape index (κ1) is 8.28. The molecule has 0 amide bonds. The molecule has 0 bridgehead atoms. The van der Waals surface area contributed by atoms with E-state index in [-0.39, 0.29) is 0 Å². The van der Waals surface area contributed by atoms with Crippen LogP contribution in [0.1, 0.15) is 18.7 Å². The minimum absolute atomic E-state index is 1.11. The van der Waals surface area contributed by atoms with Crippen molar-refractivity contribution in [1.29, 1.82) is 0 Å². The Labute approximate surface area is 71.9 Å². The van der Waals surface area contributed by atoms with Crippen LogP contribution in [0.15, 0.2) is 35.7 Å². The highest BCUT2D eigenvalue weighted by atomic mass is 32.1. The molecular weight excluding hydrogens is 152 g/mol. The molecule has 11 heavy (non-hydrogen) atoms. The second kappa shape index (κ2) is 3.54. The van der Waals surface area contributed by atoms with E-state index in [1.165, 1.54) is 10.5 Å². The molecule has 1 heterocycles. The molecule has 0 aliphatic carbocycles. The van der Waals surface area contributed by atoms with E-state index in [9.17, 15) is 0 Å².